The van der Waals surface area contributed by atoms with Crippen LogP contribution < -0.4 is 5.56 Å². The standard InChI is InChI=1S/C26H24ClN3OS2/c1-18(27)13-15-32-26-28-24-23(25(31)30(26)20-10-6-3-7-11-20)21-12-14-29(17-22(21)33-24)16-19-8-4-2-5-9-19/h2-11,13H,12,14-17H2,1H3/b18-13-. The molecule has 0 bridgehead atoms. The second-order valence-corrected chi connectivity index (χ2v) is 10.8. The van der Waals surface area contributed by atoms with Crippen LogP contribution in [0.3, 0.4) is 0 Å². The molecule has 4 aromatic rings. The van der Waals surface area contributed by atoms with Crippen molar-refractivity contribution >= 4 is 44.9 Å². The average Bonchev–Trinajstić information content (AvgIpc) is 3.18. The summed E-state index contributed by atoms with van der Waals surface area (Å²) in [6, 6.07) is 20.3. The highest BCUT2D eigenvalue weighted by Crippen LogP contribution is 2.34. The maximum atomic E-state index is 13.8. The van der Waals surface area contributed by atoms with E-state index in [4.69, 9.17) is 16.6 Å². The molecule has 0 unspecified atom stereocenters. The lowest BCUT2D eigenvalue weighted by molar-refractivity contribution is 0.249. The maximum Gasteiger partial charge on any atom is 0.267 e. The van der Waals surface area contributed by atoms with Gasteiger partial charge < -0.3 is 0 Å². The molecule has 0 N–H and O–H groups in total. The molecule has 4 nitrogen and oxygen atoms in total. The van der Waals surface area contributed by atoms with Crippen molar-refractivity contribution < 1.29 is 0 Å². The van der Waals surface area contributed by atoms with Gasteiger partial charge in [0.25, 0.3) is 5.56 Å². The molecular weight excluding hydrogens is 470 g/mol. The molecule has 0 saturated carbocycles. The Balaban J connectivity index is 1.55. The predicted molar refractivity (Wildman–Crippen MR) is 140 cm³/mol. The van der Waals surface area contributed by atoms with Crippen LogP contribution in [-0.2, 0) is 19.5 Å². The number of nitrogens with zero attached hydrogens (tertiary/aromatic N) is 3. The third kappa shape index (κ3) is 4.80. The molecule has 0 radical (unpaired) electrons. The maximum absolute atomic E-state index is 13.8. The SMILES string of the molecule is C/C(Cl)=C/CSc1nc2sc3c(c2c(=O)n1-c1ccccc1)CCN(Cc1ccccc1)C3. The van der Waals surface area contributed by atoms with Crippen LogP contribution in [0.15, 0.2) is 81.7 Å². The van der Waals surface area contributed by atoms with Gasteiger partial charge >= 0.3 is 0 Å². The summed E-state index contributed by atoms with van der Waals surface area (Å²) < 4.78 is 1.76. The number of hydrogen-bond acceptors (Lipinski definition) is 5. The Morgan fingerprint density at radius 1 is 1.15 bits per heavy atom. The molecule has 5 rings (SSSR count). The topological polar surface area (TPSA) is 38.1 Å². The minimum absolute atomic E-state index is 0.0225. The molecule has 0 saturated heterocycles. The zero-order valence-corrected chi connectivity index (χ0v) is 20.7. The van der Waals surface area contributed by atoms with Gasteiger partial charge in [-0.05, 0) is 36.6 Å². The van der Waals surface area contributed by atoms with Crippen molar-refractivity contribution in [2.24, 2.45) is 0 Å². The van der Waals surface area contributed by atoms with Crippen LogP contribution >= 0.6 is 34.7 Å². The summed E-state index contributed by atoms with van der Waals surface area (Å²) in [5.74, 6) is 0.663. The van der Waals surface area contributed by atoms with Crippen molar-refractivity contribution in [3.8, 4) is 5.69 Å². The normalized spacial score (nSPS) is 14.5. The van der Waals surface area contributed by atoms with E-state index in [9.17, 15) is 4.79 Å². The average molecular weight is 494 g/mol. The van der Waals surface area contributed by atoms with Gasteiger partial charge in [-0.25, -0.2) is 4.98 Å². The Bertz CT molecular complexity index is 1360. The van der Waals surface area contributed by atoms with Gasteiger partial charge in [0.15, 0.2) is 5.16 Å². The first-order chi connectivity index (χ1) is 16.1. The van der Waals surface area contributed by atoms with Gasteiger partial charge in [0.05, 0.1) is 11.1 Å². The molecule has 33 heavy (non-hydrogen) atoms. The number of rotatable bonds is 6. The summed E-state index contributed by atoms with van der Waals surface area (Å²) in [4.78, 5) is 23.3. The molecule has 3 heterocycles. The summed E-state index contributed by atoms with van der Waals surface area (Å²) in [7, 11) is 0. The highest BCUT2D eigenvalue weighted by atomic mass is 35.5. The van der Waals surface area contributed by atoms with Crippen molar-refractivity contribution in [2.75, 3.05) is 12.3 Å². The predicted octanol–water partition coefficient (Wildman–Crippen LogP) is 6.24. The molecular formula is C26H24ClN3OS2. The number of thiophene rings is 1. The van der Waals surface area contributed by atoms with Gasteiger partial charge in [-0.15, -0.1) is 11.3 Å². The Kier molecular flexibility index (Phi) is 6.69. The molecule has 2 aromatic heterocycles. The quantitative estimate of drug-likeness (QED) is 0.235. The minimum Gasteiger partial charge on any atom is -0.294 e. The van der Waals surface area contributed by atoms with Crippen LogP contribution in [0.1, 0.15) is 22.9 Å². The van der Waals surface area contributed by atoms with Gasteiger partial charge in [0.2, 0.25) is 0 Å². The smallest absolute Gasteiger partial charge is 0.267 e. The first kappa shape index (κ1) is 22.4. The number of halogens is 1. The summed E-state index contributed by atoms with van der Waals surface area (Å²) >= 11 is 9.22. The van der Waals surface area contributed by atoms with Crippen molar-refractivity contribution in [1.29, 1.82) is 0 Å². The van der Waals surface area contributed by atoms with E-state index >= 15 is 0 Å². The first-order valence-corrected chi connectivity index (χ1v) is 13.1. The lowest BCUT2D eigenvalue weighted by Gasteiger charge is -2.26. The zero-order valence-electron chi connectivity index (χ0n) is 18.3. The molecule has 2 aromatic carbocycles. The van der Waals surface area contributed by atoms with Crippen LogP contribution in [0.2, 0.25) is 0 Å². The Hall–Kier alpha value is -2.38. The fraction of sp³-hybridized carbons (Fsp3) is 0.231. The third-order valence-electron chi connectivity index (χ3n) is 5.76. The number of allylic oxidation sites excluding steroid dienone is 1. The van der Waals surface area contributed by atoms with Crippen LogP contribution in [0.4, 0.5) is 0 Å². The number of aromatic nitrogens is 2. The summed E-state index contributed by atoms with van der Waals surface area (Å²) in [6.45, 7) is 4.57. The highest BCUT2D eigenvalue weighted by molar-refractivity contribution is 7.99. The Labute approximate surface area is 206 Å². The first-order valence-electron chi connectivity index (χ1n) is 10.9. The fourth-order valence-electron chi connectivity index (χ4n) is 4.19. The molecule has 0 aliphatic carbocycles. The van der Waals surface area contributed by atoms with Crippen molar-refractivity contribution in [3.63, 3.8) is 0 Å². The lowest BCUT2D eigenvalue weighted by atomic mass is 10.0. The molecule has 0 fully saturated rings. The van der Waals surface area contributed by atoms with E-state index in [1.165, 1.54) is 27.8 Å². The number of para-hydroxylation sites is 1. The summed E-state index contributed by atoms with van der Waals surface area (Å²) in [6.07, 6.45) is 2.81. The number of benzene rings is 2. The number of hydrogen-bond donors (Lipinski definition) is 0. The van der Waals surface area contributed by atoms with E-state index in [0.29, 0.717) is 10.9 Å². The van der Waals surface area contributed by atoms with Gasteiger partial charge in [0, 0.05) is 35.3 Å². The summed E-state index contributed by atoms with van der Waals surface area (Å²) in [5.41, 5.74) is 3.35. The van der Waals surface area contributed by atoms with Crippen LogP contribution in [0, 0.1) is 0 Å². The number of thioether (sulfide) groups is 1. The van der Waals surface area contributed by atoms with E-state index in [1.807, 2.05) is 49.4 Å². The Morgan fingerprint density at radius 3 is 2.61 bits per heavy atom. The van der Waals surface area contributed by atoms with Crippen LogP contribution in [0.5, 0.6) is 0 Å². The van der Waals surface area contributed by atoms with Gasteiger partial charge in [-0.1, -0.05) is 78.0 Å². The van der Waals surface area contributed by atoms with Crippen LogP contribution in [-0.4, -0.2) is 26.7 Å². The van der Waals surface area contributed by atoms with E-state index in [0.717, 1.165) is 47.0 Å². The molecule has 168 valence electrons. The zero-order chi connectivity index (χ0) is 22.8. The highest BCUT2D eigenvalue weighted by Gasteiger charge is 2.25. The van der Waals surface area contributed by atoms with Gasteiger partial charge in [-0.3, -0.25) is 14.3 Å². The lowest BCUT2D eigenvalue weighted by Crippen LogP contribution is -2.30. The van der Waals surface area contributed by atoms with Gasteiger partial charge in [-0.2, -0.15) is 0 Å². The van der Waals surface area contributed by atoms with Gasteiger partial charge in [0.1, 0.15) is 4.83 Å². The van der Waals surface area contributed by atoms with E-state index < -0.39 is 0 Å². The van der Waals surface area contributed by atoms with E-state index in [1.54, 1.807) is 15.9 Å². The molecule has 0 atom stereocenters. The third-order valence-corrected chi connectivity index (χ3v) is 7.89. The monoisotopic (exact) mass is 493 g/mol. The second-order valence-electron chi connectivity index (χ2n) is 8.10. The minimum atomic E-state index is 0.0225. The van der Waals surface area contributed by atoms with E-state index in [2.05, 4.69) is 29.2 Å². The largest absolute Gasteiger partial charge is 0.294 e. The fourth-order valence-corrected chi connectivity index (χ4v) is 6.62. The Morgan fingerprint density at radius 2 is 1.88 bits per heavy atom. The summed E-state index contributed by atoms with van der Waals surface area (Å²) in [5, 5.41) is 2.22. The molecule has 7 heteroatoms. The van der Waals surface area contributed by atoms with E-state index in [-0.39, 0.29) is 5.56 Å². The van der Waals surface area contributed by atoms with Crippen molar-refractivity contribution in [1.82, 2.24) is 14.5 Å². The van der Waals surface area contributed by atoms with Crippen molar-refractivity contribution in [2.45, 2.75) is 31.6 Å². The van der Waals surface area contributed by atoms with Crippen LogP contribution in [0.25, 0.3) is 15.9 Å². The number of fused-ring (bicyclic) bond motifs is 3. The molecule has 1 aliphatic rings. The molecule has 0 spiro atoms. The van der Waals surface area contributed by atoms with Crippen molar-refractivity contribution in [3.05, 3.63) is 98.1 Å². The molecule has 1 aliphatic heterocycles. The second kappa shape index (κ2) is 9.85. The molecule has 0 amide bonds.